The number of aromatic nitrogens is 4. The highest BCUT2D eigenvalue weighted by atomic mass is 16.5. The van der Waals surface area contributed by atoms with Gasteiger partial charge in [-0.25, -0.2) is 14.3 Å². The van der Waals surface area contributed by atoms with Gasteiger partial charge in [0.15, 0.2) is 5.65 Å². The Hall–Kier alpha value is -4.15. The summed E-state index contributed by atoms with van der Waals surface area (Å²) in [4.78, 5) is 27.4. The molecule has 0 spiro atoms. The second-order valence-corrected chi connectivity index (χ2v) is 10.9. The minimum atomic E-state index is -1.11. The van der Waals surface area contributed by atoms with Gasteiger partial charge in [-0.1, -0.05) is 6.08 Å². The Bertz CT molecular complexity index is 1640. The first-order valence-corrected chi connectivity index (χ1v) is 13.3. The van der Waals surface area contributed by atoms with Crippen LogP contribution in [0.3, 0.4) is 0 Å². The van der Waals surface area contributed by atoms with Crippen LogP contribution in [0.25, 0.3) is 16.7 Å². The Kier molecular flexibility index (Phi) is 5.33. The Balaban J connectivity index is 1.22. The average molecular weight is 526 g/mol. The summed E-state index contributed by atoms with van der Waals surface area (Å²) in [6.45, 7) is 8.13. The fourth-order valence-corrected chi connectivity index (χ4v) is 6.02. The molecule has 2 aromatic carbocycles. The van der Waals surface area contributed by atoms with Crippen molar-refractivity contribution in [3.63, 3.8) is 0 Å². The molecule has 4 aliphatic heterocycles. The zero-order valence-electron chi connectivity index (χ0n) is 22.0. The van der Waals surface area contributed by atoms with Crippen molar-refractivity contribution < 1.29 is 9.84 Å². The number of anilines is 3. The van der Waals surface area contributed by atoms with Gasteiger partial charge in [-0.05, 0) is 62.9 Å². The van der Waals surface area contributed by atoms with Gasteiger partial charge in [-0.2, -0.15) is 4.98 Å². The zero-order valence-corrected chi connectivity index (χ0v) is 22.0. The number of fused-ring (bicyclic) bond motifs is 4. The standard InChI is InChI=1S/C29H31N7O3/c1-4-11-35-27(37)23-14-30-28(31-18-5-7-19(8-6-18)34-15-21-12-22(16-34)33(21)3)32-26(23)36(35)20-9-10-25-24(13-20)29(2,38)17-39-25/h4-10,13-14,21-22,38H,1,11-12,15-17H2,2-3H3,(H,30,31,32). The number of aliphatic hydroxyl groups is 1. The lowest BCUT2D eigenvalue weighted by molar-refractivity contribution is 0.0264. The molecule has 2 N–H and O–H groups in total. The van der Waals surface area contributed by atoms with E-state index in [1.54, 1.807) is 28.6 Å². The summed E-state index contributed by atoms with van der Waals surface area (Å²) in [5.74, 6) is 1.02. The number of nitrogens with one attached hydrogen (secondary N) is 1. The molecule has 39 heavy (non-hydrogen) atoms. The number of likely N-dealkylation sites (N-methyl/N-ethyl adjacent to an activating group) is 1. The third kappa shape index (κ3) is 3.82. The van der Waals surface area contributed by atoms with E-state index < -0.39 is 5.60 Å². The number of piperidine rings is 1. The summed E-state index contributed by atoms with van der Waals surface area (Å²) in [5, 5.41) is 14.5. The van der Waals surface area contributed by atoms with Gasteiger partial charge in [-0.15, -0.1) is 6.58 Å². The third-order valence-electron chi connectivity index (χ3n) is 8.32. The van der Waals surface area contributed by atoms with E-state index in [2.05, 4.69) is 45.9 Å². The van der Waals surface area contributed by atoms with Crippen molar-refractivity contribution in [1.82, 2.24) is 24.2 Å². The third-order valence-corrected chi connectivity index (χ3v) is 8.32. The van der Waals surface area contributed by atoms with Gasteiger partial charge in [0.05, 0.1) is 12.2 Å². The SMILES string of the molecule is C=CCn1c(=O)c2cnc(Nc3ccc(N4CC5CC(C4)N5C)cc3)nc2n1-c1ccc2c(c1)C(C)(O)CO2. The molecule has 2 bridgehead atoms. The number of rotatable bonds is 6. The van der Waals surface area contributed by atoms with Crippen LogP contribution in [0.15, 0.2) is 66.1 Å². The van der Waals surface area contributed by atoms with E-state index in [1.165, 1.54) is 12.1 Å². The van der Waals surface area contributed by atoms with E-state index in [-0.39, 0.29) is 18.7 Å². The van der Waals surface area contributed by atoms with E-state index in [9.17, 15) is 9.90 Å². The molecule has 8 rings (SSSR count). The lowest BCUT2D eigenvalue weighted by atomic mass is 9.88. The summed E-state index contributed by atoms with van der Waals surface area (Å²) < 4.78 is 8.95. The normalized spacial score (nSPS) is 23.8. The van der Waals surface area contributed by atoms with Gasteiger partial charge >= 0.3 is 0 Å². The number of benzene rings is 2. The zero-order chi connectivity index (χ0) is 26.9. The molecule has 6 heterocycles. The minimum Gasteiger partial charge on any atom is -0.490 e. The minimum absolute atomic E-state index is 0.183. The molecule has 3 fully saturated rings. The van der Waals surface area contributed by atoms with Crippen molar-refractivity contribution in [2.75, 3.05) is 37.0 Å². The number of hydrogen-bond donors (Lipinski definition) is 2. The lowest BCUT2D eigenvalue weighted by Gasteiger charge is -2.55. The van der Waals surface area contributed by atoms with E-state index >= 15 is 0 Å². The van der Waals surface area contributed by atoms with Crippen LogP contribution in [0.2, 0.25) is 0 Å². The van der Waals surface area contributed by atoms with Crippen molar-refractivity contribution in [1.29, 1.82) is 0 Å². The van der Waals surface area contributed by atoms with Gasteiger partial charge in [0, 0.05) is 48.3 Å². The molecule has 10 nitrogen and oxygen atoms in total. The molecule has 0 radical (unpaired) electrons. The number of nitrogens with zero attached hydrogens (tertiary/aromatic N) is 6. The van der Waals surface area contributed by atoms with Gasteiger partial charge < -0.3 is 20.1 Å². The number of allylic oxidation sites excluding steroid dienone is 1. The fraction of sp³-hybridized carbons (Fsp3) is 0.345. The second kappa shape index (κ2) is 8.69. The van der Waals surface area contributed by atoms with Crippen molar-refractivity contribution in [3.8, 4) is 11.4 Å². The highest BCUT2D eigenvalue weighted by molar-refractivity contribution is 5.77. The summed E-state index contributed by atoms with van der Waals surface area (Å²) >= 11 is 0. The van der Waals surface area contributed by atoms with Crippen LogP contribution >= 0.6 is 0 Å². The molecule has 200 valence electrons. The molecule has 3 unspecified atom stereocenters. The maximum Gasteiger partial charge on any atom is 0.278 e. The molecule has 0 saturated carbocycles. The fourth-order valence-electron chi connectivity index (χ4n) is 6.02. The first-order chi connectivity index (χ1) is 18.8. The summed E-state index contributed by atoms with van der Waals surface area (Å²) in [5.41, 5.74) is 2.57. The number of hydrogen-bond acceptors (Lipinski definition) is 8. The predicted octanol–water partition coefficient (Wildman–Crippen LogP) is 3.00. The van der Waals surface area contributed by atoms with Crippen LogP contribution in [0, 0.1) is 0 Å². The smallest absolute Gasteiger partial charge is 0.278 e. The van der Waals surface area contributed by atoms with Crippen LogP contribution < -0.4 is 20.5 Å². The Morgan fingerprint density at radius 1 is 1.18 bits per heavy atom. The van der Waals surface area contributed by atoms with E-state index in [0.717, 1.165) is 18.8 Å². The van der Waals surface area contributed by atoms with Crippen LogP contribution in [-0.4, -0.2) is 68.2 Å². The maximum absolute atomic E-state index is 13.3. The van der Waals surface area contributed by atoms with Crippen molar-refractivity contribution in [2.24, 2.45) is 0 Å². The van der Waals surface area contributed by atoms with E-state index in [0.29, 0.717) is 46.1 Å². The molecule has 4 aliphatic rings. The largest absolute Gasteiger partial charge is 0.490 e. The first-order valence-electron chi connectivity index (χ1n) is 13.3. The number of ether oxygens (including phenoxy) is 1. The van der Waals surface area contributed by atoms with Crippen LogP contribution in [0.5, 0.6) is 5.75 Å². The molecule has 2 aromatic heterocycles. The Labute approximate surface area is 225 Å². The Morgan fingerprint density at radius 2 is 1.92 bits per heavy atom. The molecule has 3 saturated heterocycles. The molecular formula is C29H31N7O3. The van der Waals surface area contributed by atoms with Crippen molar-refractivity contribution >= 4 is 28.4 Å². The van der Waals surface area contributed by atoms with Crippen LogP contribution in [0.4, 0.5) is 17.3 Å². The average Bonchev–Trinajstić information content (AvgIpc) is 3.40. The van der Waals surface area contributed by atoms with Gasteiger partial charge in [0.25, 0.3) is 5.56 Å². The monoisotopic (exact) mass is 525 g/mol. The Morgan fingerprint density at radius 3 is 2.64 bits per heavy atom. The molecule has 4 aromatic rings. The van der Waals surface area contributed by atoms with Crippen molar-refractivity contribution in [3.05, 3.63) is 77.2 Å². The predicted molar refractivity (Wildman–Crippen MR) is 150 cm³/mol. The topological polar surface area (TPSA) is 101 Å². The lowest BCUT2D eigenvalue weighted by Crippen LogP contribution is -2.67. The highest BCUT2D eigenvalue weighted by Gasteiger charge is 2.42. The number of piperazine rings is 1. The molecular weight excluding hydrogens is 494 g/mol. The summed E-state index contributed by atoms with van der Waals surface area (Å²) in [6, 6.07) is 15.1. The quantitative estimate of drug-likeness (QED) is 0.371. The summed E-state index contributed by atoms with van der Waals surface area (Å²) in [6.07, 6.45) is 4.52. The maximum atomic E-state index is 13.3. The van der Waals surface area contributed by atoms with Gasteiger partial charge in [0.2, 0.25) is 5.95 Å². The molecule has 0 aliphatic carbocycles. The van der Waals surface area contributed by atoms with Crippen molar-refractivity contribution in [2.45, 2.75) is 37.6 Å². The van der Waals surface area contributed by atoms with Gasteiger partial charge in [-0.3, -0.25) is 9.69 Å². The summed E-state index contributed by atoms with van der Waals surface area (Å²) in [7, 11) is 2.22. The van der Waals surface area contributed by atoms with E-state index in [1.807, 2.05) is 30.3 Å². The second-order valence-electron chi connectivity index (χ2n) is 10.9. The van der Waals surface area contributed by atoms with Crippen LogP contribution in [-0.2, 0) is 12.1 Å². The molecule has 0 amide bonds. The molecule has 3 atom stereocenters. The highest BCUT2D eigenvalue weighted by Crippen LogP contribution is 2.38. The first kappa shape index (κ1) is 23.9. The van der Waals surface area contributed by atoms with E-state index in [4.69, 9.17) is 9.72 Å². The van der Waals surface area contributed by atoms with Crippen LogP contribution in [0.1, 0.15) is 18.9 Å². The van der Waals surface area contributed by atoms with Gasteiger partial charge in [0.1, 0.15) is 23.3 Å². The molecule has 10 heteroatoms.